The zero-order chi connectivity index (χ0) is 14.3. The Balaban J connectivity index is 2.56. The minimum Gasteiger partial charge on any atom is -0.481 e. The van der Waals surface area contributed by atoms with Gasteiger partial charge in [0.15, 0.2) is 0 Å². The molecule has 19 heavy (non-hydrogen) atoms. The van der Waals surface area contributed by atoms with Crippen molar-refractivity contribution in [3.63, 3.8) is 0 Å². The fourth-order valence-corrected chi connectivity index (χ4v) is 2.29. The van der Waals surface area contributed by atoms with Gasteiger partial charge in [-0.25, -0.2) is 4.79 Å². The van der Waals surface area contributed by atoms with Crippen LogP contribution in [0.2, 0.25) is 0 Å². The van der Waals surface area contributed by atoms with Crippen molar-refractivity contribution in [2.75, 3.05) is 11.9 Å². The van der Waals surface area contributed by atoms with Crippen molar-refractivity contribution in [2.24, 2.45) is 0 Å². The highest BCUT2D eigenvalue weighted by Gasteiger charge is 2.08. The Hall–Kier alpha value is -1.69. The van der Waals surface area contributed by atoms with E-state index in [0.717, 1.165) is 10.6 Å². The predicted octanol–water partition coefficient (Wildman–Crippen LogP) is 2.78. The SMILES string of the molecule is CC(C)Sc1ccccc1NC(=O)NCCC(=O)O. The molecule has 0 unspecified atom stereocenters. The van der Waals surface area contributed by atoms with E-state index in [4.69, 9.17) is 5.11 Å². The summed E-state index contributed by atoms with van der Waals surface area (Å²) in [4.78, 5) is 22.9. The van der Waals surface area contributed by atoms with E-state index in [1.807, 2.05) is 24.3 Å². The standard InChI is InChI=1S/C13H18N2O3S/c1-9(2)19-11-6-4-3-5-10(11)15-13(18)14-8-7-12(16)17/h3-6,9H,7-8H2,1-2H3,(H,16,17)(H2,14,15,18). The Morgan fingerprint density at radius 1 is 1.32 bits per heavy atom. The Kier molecular flexibility index (Phi) is 6.21. The van der Waals surface area contributed by atoms with Crippen LogP contribution in [0.15, 0.2) is 29.2 Å². The van der Waals surface area contributed by atoms with Gasteiger partial charge < -0.3 is 15.7 Å². The normalized spacial score (nSPS) is 10.3. The van der Waals surface area contributed by atoms with Gasteiger partial charge >= 0.3 is 12.0 Å². The minimum atomic E-state index is -0.934. The summed E-state index contributed by atoms with van der Waals surface area (Å²) in [6.07, 6.45) is -0.0875. The molecule has 1 rings (SSSR count). The summed E-state index contributed by atoms with van der Waals surface area (Å²) >= 11 is 1.66. The Morgan fingerprint density at radius 3 is 2.63 bits per heavy atom. The first-order chi connectivity index (χ1) is 8.99. The van der Waals surface area contributed by atoms with Crippen LogP contribution in [-0.2, 0) is 4.79 Å². The van der Waals surface area contributed by atoms with Crippen molar-refractivity contribution < 1.29 is 14.7 Å². The maximum Gasteiger partial charge on any atom is 0.319 e. The van der Waals surface area contributed by atoms with Crippen molar-refractivity contribution in [2.45, 2.75) is 30.4 Å². The molecule has 0 atom stereocenters. The third-order valence-corrected chi connectivity index (χ3v) is 3.20. The smallest absolute Gasteiger partial charge is 0.319 e. The molecule has 0 fully saturated rings. The van der Waals surface area contributed by atoms with E-state index < -0.39 is 12.0 Å². The molecule has 0 spiro atoms. The lowest BCUT2D eigenvalue weighted by atomic mass is 10.3. The maximum absolute atomic E-state index is 11.6. The average Bonchev–Trinajstić information content (AvgIpc) is 2.30. The number of rotatable bonds is 6. The average molecular weight is 282 g/mol. The molecule has 6 heteroatoms. The van der Waals surface area contributed by atoms with Crippen LogP contribution in [0.25, 0.3) is 0 Å². The number of urea groups is 1. The fourth-order valence-electron chi connectivity index (χ4n) is 1.38. The van der Waals surface area contributed by atoms with Crippen LogP contribution in [0.1, 0.15) is 20.3 Å². The summed E-state index contributed by atoms with van der Waals surface area (Å²) in [6, 6.07) is 7.13. The first-order valence-electron chi connectivity index (χ1n) is 6.01. The summed E-state index contributed by atoms with van der Waals surface area (Å²) in [5.41, 5.74) is 0.731. The van der Waals surface area contributed by atoms with Gasteiger partial charge in [0, 0.05) is 16.7 Å². The molecule has 1 aromatic rings. The lowest BCUT2D eigenvalue weighted by Gasteiger charge is -2.12. The van der Waals surface area contributed by atoms with Crippen LogP contribution in [0.5, 0.6) is 0 Å². The lowest BCUT2D eigenvalue weighted by Crippen LogP contribution is -2.30. The zero-order valence-electron chi connectivity index (χ0n) is 11.0. The number of hydrogen-bond donors (Lipinski definition) is 3. The number of hydrogen-bond acceptors (Lipinski definition) is 3. The molecule has 3 N–H and O–H groups in total. The molecule has 0 bridgehead atoms. The molecule has 0 radical (unpaired) electrons. The van der Waals surface area contributed by atoms with Crippen molar-refractivity contribution in [3.8, 4) is 0 Å². The van der Waals surface area contributed by atoms with Gasteiger partial charge in [-0.15, -0.1) is 11.8 Å². The molecule has 0 aliphatic carbocycles. The van der Waals surface area contributed by atoms with Gasteiger partial charge in [-0.2, -0.15) is 0 Å². The first kappa shape index (κ1) is 15.4. The van der Waals surface area contributed by atoms with Crippen molar-refractivity contribution in [1.82, 2.24) is 5.32 Å². The molecule has 0 aliphatic rings. The highest BCUT2D eigenvalue weighted by molar-refractivity contribution is 8.00. The molecular formula is C13H18N2O3S. The number of nitrogens with one attached hydrogen (secondary N) is 2. The third-order valence-electron chi connectivity index (χ3n) is 2.12. The highest BCUT2D eigenvalue weighted by Crippen LogP contribution is 2.29. The summed E-state index contributed by atoms with van der Waals surface area (Å²) < 4.78 is 0. The van der Waals surface area contributed by atoms with Crippen LogP contribution >= 0.6 is 11.8 Å². The van der Waals surface area contributed by atoms with E-state index in [9.17, 15) is 9.59 Å². The van der Waals surface area contributed by atoms with E-state index in [0.29, 0.717) is 5.25 Å². The molecule has 0 heterocycles. The Labute approximate surface area is 116 Å². The summed E-state index contributed by atoms with van der Waals surface area (Å²) in [5.74, 6) is -0.934. The summed E-state index contributed by atoms with van der Waals surface area (Å²) in [5, 5.41) is 14.1. The minimum absolute atomic E-state index is 0.0875. The van der Waals surface area contributed by atoms with Gasteiger partial charge in [-0.3, -0.25) is 4.79 Å². The number of carboxylic acids is 1. The second kappa shape index (κ2) is 7.68. The van der Waals surface area contributed by atoms with Gasteiger partial charge in [0.05, 0.1) is 12.1 Å². The molecule has 2 amide bonds. The van der Waals surface area contributed by atoms with Gasteiger partial charge in [0.2, 0.25) is 0 Å². The van der Waals surface area contributed by atoms with E-state index in [1.54, 1.807) is 11.8 Å². The number of anilines is 1. The topological polar surface area (TPSA) is 78.4 Å². The summed E-state index contributed by atoms with van der Waals surface area (Å²) in [6.45, 7) is 4.27. The highest BCUT2D eigenvalue weighted by atomic mass is 32.2. The first-order valence-corrected chi connectivity index (χ1v) is 6.89. The second-order valence-electron chi connectivity index (χ2n) is 4.19. The third kappa shape index (κ3) is 6.15. The van der Waals surface area contributed by atoms with E-state index in [-0.39, 0.29) is 13.0 Å². The number of thioether (sulfide) groups is 1. The number of aliphatic carboxylic acids is 1. The molecule has 0 aliphatic heterocycles. The monoisotopic (exact) mass is 282 g/mol. The largest absolute Gasteiger partial charge is 0.481 e. The van der Waals surface area contributed by atoms with Crippen molar-refractivity contribution in [3.05, 3.63) is 24.3 Å². The van der Waals surface area contributed by atoms with Crippen molar-refractivity contribution in [1.29, 1.82) is 0 Å². The molecule has 0 aromatic heterocycles. The molecule has 1 aromatic carbocycles. The zero-order valence-corrected chi connectivity index (χ0v) is 11.8. The van der Waals surface area contributed by atoms with Crippen LogP contribution in [0, 0.1) is 0 Å². The van der Waals surface area contributed by atoms with Crippen molar-refractivity contribution >= 4 is 29.4 Å². The predicted molar refractivity (Wildman–Crippen MR) is 76.7 cm³/mol. The lowest BCUT2D eigenvalue weighted by molar-refractivity contribution is -0.136. The number of benzene rings is 1. The van der Waals surface area contributed by atoms with Gasteiger partial charge in [-0.1, -0.05) is 26.0 Å². The molecule has 0 saturated carbocycles. The van der Waals surface area contributed by atoms with Crippen LogP contribution in [0.3, 0.4) is 0 Å². The number of carbonyl (C=O) groups is 2. The van der Waals surface area contributed by atoms with Gasteiger partial charge in [0.25, 0.3) is 0 Å². The summed E-state index contributed by atoms with van der Waals surface area (Å²) in [7, 11) is 0. The van der Waals surface area contributed by atoms with Crippen LogP contribution in [0.4, 0.5) is 10.5 Å². The van der Waals surface area contributed by atoms with Crippen LogP contribution in [-0.4, -0.2) is 28.9 Å². The second-order valence-corrected chi connectivity index (χ2v) is 5.81. The number of amides is 2. The fraction of sp³-hybridized carbons (Fsp3) is 0.385. The van der Waals surface area contributed by atoms with Gasteiger partial charge in [-0.05, 0) is 12.1 Å². The number of para-hydroxylation sites is 1. The maximum atomic E-state index is 11.6. The number of carbonyl (C=O) groups excluding carboxylic acids is 1. The van der Waals surface area contributed by atoms with E-state index >= 15 is 0 Å². The van der Waals surface area contributed by atoms with E-state index in [1.165, 1.54) is 0 Å². The Morgan fingerprint density at radius 2 is 2.00 bits per heavy atom. The molecule has 104 valence electrons. The Bertz CT molecular complexity index is 449. The number of carboxylic acid groups (broad SMARTS) is 1. The van der Waals surface area contributed by atoms with Gasteiger partial charge in [0.1, 0.15) is 0 Å². The molecule has 0 saturated heterocycles. The quantitative estimate of drug-likeness (QED) is 0.701. The molecular weight excluding hydrogens is 264 g/mol. The molecule has 5 nitrogen and oxygen atoms in total. The van der Waals surface area contributed by atoms with E-state index in [2.05, 4.69) is 24.5 Å². The van der Waals surface area contributed by atoms with Crippen LogP contribution < -0.4 is 10.6 Å².